The summed E-state index contributed by atoms with van der Waals surface area (Å²) >= 11 is 0. The fourth-order valence-corrected chi connectivity index (χ4v) is 2.23. The Morgan fingerprint density at radius 3 is 2.58 bits per heavy atom. The van der Waals surface area contributed by atoms with Gasteiger partial charge in [-0.15, -0.1) is 0 Å². The molecule has 0 aliphatic carbocycles. The van der Waals surface area contributed by atoms with E-state index in [1.807, 2.05) is 13.8 Å². The highest BCUT2D eigenvalue weighted by Gasteiger charge is 2.23. The number of hydrogen-bond donors (Lipinski definition) is 1. The van der Waals surface area contributed by atoms with Gasteiger partial charge in [-0.3, -0.25) is 4.79 Å². The van der Waals surface area contributed by atoms with Crippen molar-refractivity contribution in [2.45, 2.75) is 34.1 Å². The van der Waals surface area contributed by atoms with E-state index in [1.54, 1.807) is 0 Å². The summed E-state index contributed by atoms with van der Waals surface area (Å²) in [6.07, 6.45) is 0.981. The zero-order valence-corrected chi connectivity index (χ0v) is 12.6. The largest absolute Gasteiger partial charge is 0.469 e. The normalized spacial score (nSPS) is 12.3. The molecular formula is C16H25NO2. The number of nitrogens with one attached hydrogen (secondary N) is 1. The highest BCUT2D eigenvalue weighted by Crippen LogP contribution is 2.22. The maximum Gasteiger partial charge on any atom is 0.310 e. The number of esters is 1. The lowest BCUT2D eigenvalue weighted by atomic mass is 9.95. The zero-order valence-electron chi connectivity index (χ0n) is 12.6. The van der Waals surface area contributed by atoms with Gasteiger partial charge in [-0.1, -0.05) is 39.0 Å². The Bertz CT molecular complexity index is 427. The number of aryl methyl sites for hydroxylation is 2. The average molecular weight is 263 g/mol. The van der Waals surface area contributed by atoms with Crippen LogP contribution in [0.3, 0.4) is 0 Å². The lowest BCUT2D eigenvalue weighted by Gasteiger charge is -2.21. The molecule has 0 aromatic heterocycles. The first kappa shape index (κ1) is 15.5. The van der Waals surface area contributed by atoms with Crippen LogP contribution < -0.4 is 5.32 Å². The minimum atomic E-state index is -0.144. The number of carbonyl (C=O) groups is 1. The highest BCUT2D eigenvalue weighted by atomic mass is 16.5. The van der Waals surface area contributed by atoms with Crippen molar-refractivity contribution in [3.63, 3.8) is 0 Å². The summed E-state index contributed by atoms with van der Waals surface area (Å²) in [5.74, 6) is -0.00232. The summed E-state index contributed by atoms with van der Waals surface area (Å²) in [5.41, 5.74) is 3.65. The van der Waals surface area contributed by atoms with E-state index in [4.69, 9.17) is 4.74 Å². The number of hydrogen-bond acceptors (Lipinski definition) is 3. The van der Waals surface area contributed by atoms with Gasteiger partial charge in [-0.05, 0) is 30.4 Å². The van der Waals surface area contributed by atoms with Gasteiger partial charge in [0, 0.05) is 12.2 Å². The second kappa shape index (κ2) is 7.17. The van der Waals surface area contributed by atoms with Crippen LogP contribution in [0.2, 0.25) is 0 Å². The molecule has 106 valence electrons. The third kappa shape index (κ3) is 3.98. The van der Waals surface area contributed by atoms with Gasteiger partial charge in [0.15, 0.2) is 0 Å². The van der Waals surface area contributed by atoms with E-state index in [9.17, 15) is 4.79 Å². The highest BCUT2D eigenvalue weighted by molar-refractivity contribution is 5.73. The summed E-state index contributed by atoms with van der Waals surface area (Å²) in [6.45, 7) is 8.93. The van der Waals surface area contributed by atoms with Crippen molar-refractivity contribution in [1.29, 1.82) is 0 Å². The van der Waals surface area contributed by atoms with Crippen LogP contribution in [-0.4, -0.2) is 19.6 Å². The molecule has 3 heteroatoms. The summed E-state index contributed by atoms with van der Waals surface area (Å²) in [5, 5.41) is 3.43. The average Bonchev–Trinajstić information content (AvgIpc) is 2.39. The van der Waals surface area contributed by atoms with Crippen LogP contribution in [0.1, 0.15) is 31.9 Å². The Balaban J connectivity index is 2.82. The molecule has 1 rings (SSSR count). The Kier molecular flexibility index (Phi) is 5.87. The molecule has 1 aromatic carbocycles. The first-order valence-electron chi connectivity index (χ1n) is 6.91. The minimum absolute atomic E-state index is 0.116. The monoisotopic (exact) mass is 263 g/mol. The van der Waals surface area contributed by atoms with Crippen molar-refractivity contribution in [2.24, 2.45) is 11.8 Å². The number of ether oxygens (including phenoxy) is 1. The Labute approximate surface area is 116 Å². The molecule has 0 heterocycles. The molecule has 0 saturated heterocycles. The number of rotatable bonds is 6. The Morgan fingerprint density at radius 2 is 2.05 bits per heavy atom. The van der Waals surface area contributed by atoms with Crippen molar-refractivity contribution < 1.29 is 9.53 Å². The van der Waals surface area contributed by atoms with E-state index in [1.165, 1.54) is 18.2 Å². The molecule has 0 radical (unpaired) electrons. The number of para-hydroxylation sites is 1. The summed E-state index contributed by atoms with van der Waals surface area (Å²) < 4.78 is 4.87. The van der Waals surface area contributed by atoms with E-state index in [2.05, 4.69) is 37.4 Å². The lowest BCUT2D eigenvalue weighted by Crippen LogP contribution is -2.29. The molecule has 19 heavy (non-hydrogen) atoms. The van der Waals surface area contributed by atoms with Gasteiger partial charge < -0.3 is 10.1 Å². The Morgan fingerprint density at radius 1 is 1.37 bits per heavy atom. The summed E-state index contributed by atoms with van der Waals surface area (Å²) in [7, 11) is 1.45. The van der Waals surface area contributed by atoms with Crippen LogP contribution in [0, 0.1) is 18.8 Å². The standard InChI is InChI=1S/C16H25NO2/c1-6-13-9-7-8-12(4)15(13)17-10-14(11(2)3)16(18)19-5/h7-9,11,14,17H,6,10H2,1-5H3. The van der Waals surface area contributed by atoms with E-state index in [-0.39, 0.29) is 17.8 Å². The molecule has 3 nitrogen and oxygen atoms in total. The first-order chi connectivity index (χ1) is 9.01. The van der Waals surface area contributed by atoms with Crippen molar-refractivity contribution in [3.05, 3.63) is 29.3 Å². The van der Waals surface area contributed by atoms with Crippen LogP contribution in [0.4, 0.5) is 5.69 Å². The molecule has 0 amide bonds. The van der Waals surface area contributed by atoms with Gasteiger partial charge in [-0.2, -0.15) is 0 Å². The maximum absolute atomic E-state index is 11.8. The van der Waals surface area contributed by atoms with Crippen molar-refractivity contribution in [3.8, 4) is 0 Å². The van der Waals surface area contributed by atoms with Gasteiger partial charge in [0.25, 0.3) is 0 Å². The molecule has 1 N–H and O–H groups in total. The smallest absolute Gasteiger partial charge is 0.310 e. The van der Waals surface area contributed by atoms with E-state index < -0.39 is 0 Å². The molecule has 1 unspecified atom stereocenters. The van der Waals surface area contributed by atoms with Crippen molar-refractivity contribution >= 4 is 11.7 Å². The Hall–Kier alpha value is -1.51. The van der Waals surface area contributed by atoms with Gasteiger partial charge in [0.2, 0.25) is 0 Å². The molecular weight excluding hydrogens is 238 g/mol. The molecule has 0 saturated carbocycles. The molecule has 1 aromatic rings. The molecule has 0 fully saturated rings. The predicted molar refractivity (Wildman–Crippen MR) is 79.4 cm³/mol. The number of benzene rings is 1. The number of anilines is 1. The third-order valence-corrected chi connectivity index (χ3v) is 3.55. The fourth-order valence-electron chi connectivity index (χ4n) is 2.23. The van der Waals surface area contributed by atoms with Crippen LogP contribution >= 0.6 is 0 Å². The van der Waals surface area contributed by atoms with Crippen LogP contribution in [0.15, 0.2) is 18.2 Å². The zero-order chi connectivity index (χ0) is 14.4. The number of carbonyl (C=O) groups excluding carboxylic acids is 1. The van der Waals surface area contributed by atoms with Crippen LogP contribution in [0.5, 0.6) is 0 Å². The van der Waals surface area contributed by atoms with E-state index in [0.29, 0.717) is 6.54 Å². The molecule has 0 aliphatic heterocycles. The maximum atomic E-state index is 11.8. The van der Waals surface area contributed by atoms with Crippen LogP contribution in [0.25, 0.3) is 0 Å². The molecule has 0 spiro atoms. The second-order valence-corrected chi connectivity index (χ2v) is 5.22. The minimum Gasteiger partial charge on any atom is -0.469 e. The summed E-state index contributed by atoms with van der Waals surface area (Å²) in [4.78, 5) is 11.8. The topological polar surface area (TPSA) is 38.3 Å². The number of methoxy groups -OCH3 is 1. The van der Waals surface area contributed by atoms with Crippen molar-refractivity contribution in [1.82, 2.24) is 0 Å². The van der Waals surface area contributed by atoms with E-state index in [0.717, 1.165) is 12.1 Å². The lowest BCUT2D eigenvalue weighted by molar-refractivity contribution is -0.146. The first-order valence-corrected chi connectivity index (χ1v) is 6.91. The second-order valence-electron chi connectivity index (χ2n) is 5.22. The van der Waals surface area contributed by atoms with Gasteiger partial charge in [-0.25, -0.2) is 0 Å². The predicted octanol–water partition coefficient (Wildman–Crippen LogP) is 3.41. The van der Waals surface area contributed by atoms with Crippen LogP contribution in [-0.2, 0) is 16.0 Å². The SMILES string of the molecule is CCc1cccc(C)c1NCC(C(=O)OC)C(C)C. The van der Waals surface area contributed by atoms with E-state index >= 15 is 0 Å². The molecule has 1 atom stereocenters. The van der Waals surface area contributed by atoms with Gasteiger partial charge in [0.05, 0.1) is 13.0 Å². The molecule has 0 aliphatic rings. The molecule has 0 bridgehead atoms. The third-order valence-electron chi connectivity index (χ3n) is 3.55. The fraction of sp³-hybridized carbons (Fsp3) is 0.562. The quantitative estimate of drug-likeness (QED) is 0.799. The van der Waals surface area contributed by atoms with Gasteiger partial charge in [0.1, 0.15) is 0 Å². The summed E-state index contributed by atoms with van der Waals surface area (Å²) in [6, 6.07) is 6.28. The van der Waals surface area contributed by atoms with Crippen molar-refractivity contribution in [2.75, 3.05) is 19.0 Å². The van der Waals surface area contributed by atoms with Gasteiger partial charge >= 0.3 is 5.97 Å².